The summed E-state index contributed by atoms with van der Waals surface area (Å²) in [5.74, 6) is 0.912. The molecule has 1 aromatic rings. The molecular formula is C21H30N2O5. The number of nitrogens with zero attached hydrogens (tertiary/aromatic N) is 1. The summed E-state index contributed by atoms with van der Waals surface area (Å²) >= 11 is 0. The number of benzene rings is 1. The van der Waals surface area contributed by atoms with Crippen LogP contribution in [0.4, 0.5) is 5.69 Å². The average Bonchev–Trinajstić information content (AvgIpc) is 2.72. The van der Waals surface area contributed by atoms with E-state index in [9.17, 15) is 9.59 Å². The zero-order chi connectivity index (χ0) is 19.8. The second kappa shape index (κ2) is 10.4. The summed E-state index contributed by atoms with van der Waals surface area (Å²) < 4.78 is 16.7. The van der Waals surface area contributed by atoms with Crippen molar-refractivity contribution in [2.75, 3.05) is 38.8 Å². The molecule has 7 heteroatoms. The lowest BCUT2D eigenvalue weighted by Crippen LogP contribution is -2.45. The Morgan fingerprint density at radius 2 is 2.18 bits per heavy atom. The van der Waals surface area contributed by atoms with Crippen LogP contribution in [0.25, 0.3) is 0 Å². The van der Waals surface area contributed by atoms with Crippen molar-refractivity contribution in [1.82, 2.24) is 4.90 Å². The minimum absolute atomic E-state index is 0.0552. The van der Waals surface area contributed by atoms with Gasteiger partial charge in [0, 0.05) is 38.8 Å². The van der Waals surface area contributed by atoms with Crippen LogP contribution in [-0.4, -0.2) is 56.4 Å². The van der Waals surface area contributed by atoms with Crippen LogP contribution >= 0.6 is 0 Å². The fourth-order valence-electron chi connectivity index (χ4n) is 3.60. The molecule has 0 aliphatic carbocycles. The van der Waals surface area contributed by atoms with Crippen molar-refractivity contribution in [2.24, 2.45) is 0 Å². The summed E-state index contributed by atoms with van der Waals surface area (Å²) in [6.07, 6.45) is 5.20. The summed E-state index contributed by atoms with van der Waals surface area (Å²) in [6.45, 7) is 2.25. The van der Waals surface area contributed by atoms with E-state index in [-0.39, 0.29) is 18.0 Å². The highest BCUT2D eigenvalue weighted by Gasteiger charge is 2.25. The van der Waals surface area contributed by atoms with Gasteiger partial charge >= 0.3 is 0 Å². The molecule has 0 saturated carbocycles. The largest absolute Gasteiger partial charge is 0.494 e. The van der Waals surface area contributed by atoms with Gasteiger partial charge in [0.2, 0.25) is 11.8 Å². The normalized spacial score (nSPS) is 18.9. The number of aryl methyl sites for hydroxylation is 1. The lowest BCUT2D eigenvalue weighted by atomic mass is 10.0. The number of fused-ring (bicyclic) bond motifs is 1. The Kier molecular flexibility index (Phi) is 7.68. The van der Waals surface area contributed by atoms with Gasteiger partial charge in [-0.1, -0.05) is 0 Å². The topological polar surface area (TPSA) is 77.1 Å². The van der Waals surface area contributed by atoms with Gasteiger partial charge in [0.15, 0.2) is 0 Å². The van der Waals surface area contributed by atoms with Crippen molar-refractivity contribution in [3.63, 3.8) is 0 Å². The second-order valence-electron chi connectivity index (χ2n) is 7.22. The Hall–Kier alpha value is -2.12. The molecule has 0 bridgehead atoms. The third-order valence-electron chi connectivity index (χ3n) is 5.14. The molecule has 0 aromatic heterocycles. The lowest BCUT2D eigenvalue weighted by Gasteiger charge is -2.34. The van der Waals surface area contributed by atoms with E-state index in [1.54, 1.807) is 7.11 Å². The molecule has 3 rings (SSSR count). The number of amides is 2. The summed E-state index contributed by atoms with van der Waals surface area (Å²) in [7, 11) is 1.64. The molecule has 2 heterocycles. The molecule has 2 aliphatic rings. The first kappa shape index (κ1) is 20.6. The fourth-order valence-corrected chi connectivity index (χ4v) is 3.60. The third-order valence-corrected chi connectivity index (χ3v) is 5.14. The standard InChI is InChI=1S/C21H30N2O5/c1-26-14-11-23(21-6-2-3-12-28-21)20(25)5-4-13-27-17-8-9-18-16(15-17)7-10-19(24)22-18/h8-9,15,21H,2-7,10-14H2,1H3,(H,22,24). The van der Waals surface area contributed by atoms with Gasteiger partial charge in [-0.15, -0.1) is 0 Å². The third kappa shape index (κ3) is 5.69. The molecular weight excluding hydrogens is 360 g/mol. The van der Waals surface area contributed by atoms with Gasteiger partial charge in [-0.25, -0.2) is 0 Å². The lowest BCUT2D eigenvalue weighted by molar-refractivity contribution is -0.152. The number of methoxy groups -OCH3 is 1. The maximum absolute atomic E-state index is 12.7. The molecule has 1 saturated heterocycles. The van der Waals surface area contributed by atoms with Gasteiger partial charge in [-0.2, -0.15) is 0 Å². The highest BCUT2D eigenvalue weighted by Crippen LogP contribution is 2.27. The zero-order valence-corrected chi connectivity index (χ0v) is 16.6. The van der Waals surface area contributed by atoms with Gasteiger partial charge in [0.1, 0.15) is 12.0 Å². The van der Waals surface area contributed by atoms with Crippen LogP contribution < -0.4 is 10.1 Å². The predicted molar refractivity (Wildman–Crippen MR) is 105 cm³/mol. The van der Waals surface area contributed by atoms with Gasteiger partial charge in [-0.3, -0.25) is 9.59 Å². The van der Waals surface area contributed by atoms with Crippen molar-refractivity contribution in [3.8, 4) is 5.75 Å². The summed E-state index contributed by atoms with van der Waals surface area (Å²) in [4.78, 5) is 25.9. The number of nitrogens with one attached hydrogen (secondary N) is 1. The molecule has 1 aromatic carbocycles. The van der Waals surface area contributed by atoms with Crippen LogP contribution in [0.5, 0.6) is 5.75 Å². The number of carbonyl (C=O) groups excluding carboxylic acids is 2. The Morgan fingerprint density at radius 3 is 2.96 bits per heavy atom. The molecule has 1 fully saturated rings. The Balaban J connectivity index is 1.45. The van der Waals surface area contributed by atoms with Crippen molar-refractivity contribution in [1.29, 1.82) is 0 Å². The van der Waals surface area contributed by atoms with Crippen molar-refractivity contribution in [3.05, 3.63) is 23.8 Å². The average molecular weight is 390 g/mol. The molecule has 2 aliphatic heterocycles. The monoisotopic (exact) mass is 390 g/mol. The second-order valence-corrected chi connectivity index (χ2v) is 7.22. The van der Waals surface area contributed by atoms with Crippen LogP contribution in [0.1, 0.15) is 44.1 Å². The first-order chi connectivity index (χ1) is 13.7. The van der Waals surface area contributed by atoms with E-state index in [0.717, 1.165) is 42.7 Å². The molecule has 2 amide bonds. The maximum atomic E-state index is 12.7. The Labute approximate surface area is 166 Å². The fraction of sp³-hybridized carbons (Fsp3) is 0.619. The van der Waals surface area contributed by atoms with E-state index in [0.29, 0.717) is 45.6 Å². The van der Waals surface area contributed by atoms with Gasteiger partial charge in [0.25, 0.3) is 0 Å². The molecule has 7 nitrogen and oxygen atoms in total. The van der Waals surface area contributed by atoms with Crippen LogP contribution in [0.2, 0.25) is 0 Å². The first-order valence-corrected chi connectivity index (χ1v) is 10.1. The minimum atomic E-state index is -0.131. The number of hydrogen-bond donors (Lipinski definition) is 1. The molecule has 1 N–H and O–H groups in total. The molecule has 28 heavy (non-hydrogen) atoms. The first-order valence-electron chi connectivity index (χ1n) is 10.1. The number of ether oxygens (including phenoxy) is 3. The summed E-state index contributed by atoms with van der Waals surface area (Å²) in [6, 6.07) is 5.70. The van der Waals surface area contributed by atoms with Gasteiger partial charge < -0.3 is 24.4 Å². The number of rotatable bonds is 9. The highest BCUT2D eigenvalue weighted by atomic mass is 16.5. The Morgan fingerprint density at radius 1 is 1.29 bits per heavy atom. The number of carbonyl (C=O) groups is 2. The van der Waals surface area contributed by atoms with E-state index >= 15 is 0 Å². The highest BCUT2D eigenvalue weighted by molar-refractivity contribution is 5.94. The Bertz CT molecular complexity index is 673. The van der Waals surface area contributed by atoms with E-state index in [4.69, 9.17) is 14.2 Å². The predicted octanol–water partition coefficient (Wildman–Crippen LogP) is 2.73. The molecule has 0 spiro atoms. The minimum Gasteiger partial charge on any atom is -0.494 e. The van der Waals surface area contributed by atoms with Crippen LogP contribution in [0.15, 0.2) is 18.2 Å². The van der Waals surface area contributed by atoms with Crippen molar-refractivity contribution in [2.45, 2.75) is 51.2 Å². The van der Waals surface area contributed by atoms with E-state index in [1.807, 2.05) is 23.1 Å². The quantitative estimate of drug-likeness (QED) is 0.656. The van der Waals surface area contributed by atoms with Crippen LogP contribution in [0.3, 0.4) is 0 Å². The maximum Gasteiger partial charge on any atom is 0.224 e. The molecule has 1 atom stereocenters. The van der Waals surface area contributed by atoms with Crippen LogP contribution in [-0.2, 0) is 25.5 Å². The summed E-state index contributed by atoms with van der Waals surface area (Å²) in [5, 5.41) is 2.86. The summed E-state index contributed by atoms with van der Waals surface area (Å²) in [5.41, 5.74) is 1.95. The number of anilines is 1. The van der Waals surface area contributed by atoms with Crippen molar-refractivity contribution >= 4 is 17.5 Å². The van der Waals surface area contributed by atoms with E-state index < -0.39 is 0 Å². The van der Waals surface area contributed by atoms with Crippen molar-refractivity contribution < 1.29 is 23.8 Å². The molecule has 154 valence electrons. The van der Waals surface area contributed by atoms with Gasteiger partial charge in [-0.05, 0) is 55.9 Å². The zero-order valence-electron chi connectivity index (χ0n) is 16.6. The number of hydrogen-bond acceptors (Lipinski definition) is 5. The van der Waals surface area contributed by atoms with E-state index in [2.05, 4.69) is 5.32 Å². The SMILES string of the molecule is COCCN(C(=O)CCCOc1ccc2c(c1)CCC(=O)N2)C1CCCCO1. The van der Waals surface area contributed by atoms with Gasteiger partial charge in [0.05, 0.1) is 13.2 Å². The molecule has 1 unspecified atom stereocenters. The smallest absolute Gasteiger partial charge is 0.224 e. The van der Waals surface area contributed by atoms with E-state index in [1.165, 1.54) is 0 Å². The van der Waals surface area contributed by atoms with Crippen LogP contribution in [0, 0.1) is 0 Å². The molecule has 0 radical (unpaired) electrons.